The van der Waals surface area contributed by atoms with E-state index in [0.717, 1.165) is 5.52 Å². The van der Waals surface area contributed by atoms with Crippen molar-refractivity contribution in [2.75, 3.05) is 5.32 Å². The minimum atomic E-state index is -0.514. The number of oxazole rings is 1. The molecule has 0 aliphatic rings. The minimum absolute atomic E-state index is 0.100. The van der Waals surface area contributed by atoms with Crippen LogP contribution in [0.4, 0.5) is 5.69 Å². The van der Waals surface area contributed by atoms with Crippen LogP contribution in [0.3, 0.4) is 0 Å². The van der Waals surface area contributed by atoms with Crippen molar-refractivity contribution in [1.82, 2.24) is 4.98 Å². The number of hydrogen-bond donors (Lipinski definition) is 2. The molecule has 1 aromatic heterocycles. The molecule has 0 spiro atoms. The summed E-state index contributed by atoms with van der Waals surface area (Å²) in [4.78, 5) is 16.0. The first-order chi connectivity index (χ1) is 8.47. The zero-order valence-corrected chi connectivity index (χ0v) is 10.7. The molecule has 2 rings (SSSR count). The zero-order valence-electron chi connectivity index (χ0n) is 10.7. The van der Waals surface area contributed by atoms with E-state index >= 15 is 0 Å². The Morgan fingerprint density at radius 2 is 2.17 bits per heavy atom. The van der Waals surface area contributed by atoms with Gasteiger partial charge in [-0.2, -0.15) is 0 Å². The van der Waals surface area contributed by atoms with Crippen molar-refractivity contribution >= 4 is 22.7 Å². The van der Waals surface area contributed by atoms with Gasteiger partial charge in [0.05, 0.1) is 6.04 Å². The molecule has 0 saturated carbocycles. The molecule has 18 heavy (non-hydrogen) atoms. The van der Waals surface area contributed by atoms with E-state index in [-0.39, 0.29) is 11.8 Å². The molecular weight excluding hydrogens is 230 g/mol. The number of benzene rings is 1. The third kappa shape index (κ3) is 2.51. The normalized spacial score (nSPS) is 12.9. The number of aromatic nitrogens is 1. The predicted octanol–water partition coefficient (Wildman–Crippen LogP) is 2.06. The standard InChI is InChI=1S/C13H17N3O2/c1-7(2)12(14)13(17)16-9-4-5-11-10(6-9)15-8(3)18-11/h4-7,12H,14H2,1-3H3,(H,16,17)/t12-/m1/s1. The lowest BCUT2D eigenvalue weighted by Gasteiger charge is -2.15. The molecule has 1 heterocycles. The SMILES string of the molecule is Cc1nc2cc(NC(=O)[C@H](N)C(C)C)ccc2o1. The fourth-order valence-corrected chi connectivity index (χ4v) is 1.65. The summed E-state index contributed by atoms with van der Waals surface area (Å²) in [6, 6.07) is 4.82. The molecule has 5 heteroatoms. The number of rotatable bonds is 3. The number of carbonyl (C=O) groups is 1. The van der Waals surface area contributed by atoms with Gasteiger partial charge < -0.3 is 15.5 Å². The van der Waals surface area contributed by atoms with Crippen molar-refractivity contribution in [2.45, 2.75) is 26.8 Å². The highest BCUT2D eigenvalue weighted by Gasteiger charge is 2.17. The molecule has 0 bridgehead atoms. The van der Waals surface area contributed by atoms with Crippen LogP contribution in [0.2, 0.25) is 0 Å². The second kappa shape index (κ2) is 4.78. The smallest absolute Gasteiger partial charge is 0.241 e. The Balaban J connectivity index is 2.19. The van der Waals surface area contributed by atoms with Crippen LogP contribution in [0.1, 0.15) is 19.7 Å². The van der Waals surface area contributed by atoms with Crippen LogP contribution in [0, 0.1) is 12.8 Å². The fraction of sp³-hybridized carbons (Fsp3) is 0.385. The molecule has 0 aliphatic carbocycles. The van der Waals surface area contributed by atoms with Gasteiger partial charge in [0.25, 0.3) is 0 Å². The van der Waals surface area contributed by atoms with Gasteiger partial charge in [0.1, 0.15) is 5.52 Å². The first-order valence-electron chi connectivity index (χ1n) is 5.91. The zero-order chi connectivity index (χ0) is 13.3. The monoisotopic (exact) mass is 247 g/mol. The fourth-order valence-electron chi connectivity index (χ4n) is 1.65. The number of nitrogens with zero attached hydrogens (tertiary/aromatic N) is 1. The van der Waals surface area contributed by atoms with Gasteiger partial charge in [-0.1, -0.05) is 13.8 Å². The van der Waals surface area contributed by atoms with E-state index < -0.39 is 6.04 Å². The van der Waals surface area contributed by atoms with Crippen LogP contribution in [0.25, 0.3) is 11.1 Å². The van der Waals surface area contributed by atoms with Crippen LogP contribution >= 0.6 is 0 Å². The lowest BCUT2D eigenvalue weighted by atomic mass is 10.0. The van der Waals surface area contributed by atoms with Gasteiger partial charge in [0, 0.05) is 12.6 Å². The van der Waals surface area contributed by atoms with Crippen molar-refractivity contribution in [1.29, 1.82) is 0 Å². The summed E-state index contributed by atoms with van der Waals surface area (Å²) < 4.78 is 5.37. The Kier molecular flexibility index (Phi) is 3.34. The average molecular weight is 247 g/mol. The molecule has 1 amide bonds. The van der Waals surface area contributed by atoms with E-state index in [1.165, 1.54) is 0 Å². The van der Waals surface area contributed by atoms with Crippen LogP contribution in [-0.2, 0) is 4.79 Å². The lowest BCUT2D eigenvalue weighted by molar-refractivity contribution is -0.118. The molecule has 0 fully saturated rings. The second-order valence-corrected chi connectivity index (χ2v) is 4.67. The van der Waals surface area contributed by atoms with Crippen molar-refractivity contribution in [2.24, 2.45) is 11.7 Å². The van der Waals surface area contributed by atoms with Gasteiger partial charge in [0.15, 0.2) is 11.5 Å². The number of fused-ring (bicyclic) bond motifs is 1. The average Bonchev–Trinajstić information content (AvgIpc) is 2.67. The summed E-state index contributed by atoms with van der Waals surface area (Å²) in [5.41, 5.74) is 7.89. The maximum atomic E-state index is 11.8. The van der Waals surface area contributed by atoms with Crippen molar-refractivity contribution in [3.8, 4) is 0 Å². The Morgan fingerprint density at radius 1 is 1.44 bits per heavy atom. The summed E-state index contributed by atoms with van der Waals surface area (Å²) in [6.07, 6.45) is 0. The van der Waals surface area contributed by atoms with E-state index in [0.29, 0.717) is 17.2 Å². The van der Waals surface area contributed by atoms with E-state index in [1.807, 2.05) is 13.8 Å². The van der Waals surface area contributed by atoms with Crippen LogP contribution in [-0.4, -0.2) is 16.9 Å². The topological polar surface area (TPSA) is 81.2 Å². The molecule has 0 saturated heterocycles. The number of amides is 1. The maximum absolute atomic E-state index is 11.8. The Morgan fingerprint density at radius 3 is 2.83 bits per heavy atom. The third-order valence-corrected chi connectivity index (χ3v) is 2.78. The highest BCUT2D eigenvalue weighted by molar-refractivity contribution is 5.96. The Labute approximate surface area is 105 Å². The van der Waals surface area contributed by atoms with Gasteiger partial charge in [-0.05, 0) is 24.1 Å². The van der Waals surface area contributed by atoms with Gasteiger partial charge in [-0.15, -0.1) is 0 Å². The molecule has 5 nitrogen and oxygen atoms in total. The Bertz CT molecular complexity index is 575. The molecule has 3 N–H and O–H groups in total. The van der Waals surface area contributed by atoms with E-state index in [1.54, 1.807) is 25.1 Å². The summed E-state index contributed by atoms with van der Waals surface area (Å²) in [5.74, 6) is 0.514. The van der Waals surface area contributed by atoms with Crippen molar-refractivity contribution < 1.29 is 9.21 Å². The number of hydrogen-bond acceptors (Lipinski definition) is 4. The number of aryl methyl sites for hydroxylation is 1. The lowest BCUT2D eigenvalue weighted by Crippen LogP contribution is -2.39. The third-order valence-electron chi connectivity index (χ3n) is 2.78. The van der Waals surface area contributed by atoms with Crippen molar-refractivity contribution in [3.05, 3.63) is 24.1 Å². The summed E-state index contributed by atoms with van der Waals surface area (Å²) in [7, 11) is 0. The van der Waals surface area contributed by atoms with Gasteiger partial charge in [-0.3, -0.25) is 4.79 Å². The van der Waals surface area contributed by atoms with E-state index in [9.17, 15) is 4.79 Å². The highest BCUT2D eigenvalue weighted by atomic mass is 16.3. The molecule has 0 aliphatic heterocycles. The van der Waals surface area contributed by atoms with Gasteiger partial charge in [-0.25, -0.2) is 4.98 Å². The summed E-state index contributed by atoms with van der Waals surface area (Å²) in [5, 5.41) is 2.78. The highest BCUT2D eigenvalue weighted by Crippen LogP contribution is 2.19. The first-order valence-corrected chi connectivity index (χ1v) is 5.91. The summed E-state index contributed by atoms with van der Waals surface area (Å²) in [6.45, 7) is 5.61. The molecular formula is C13H17N3O2. The number of carbonyl (C=O) groups excluding carboxylic acids is 1. The van der Waals surface area contributed by atoms with Gasteiger partial charge >= 0.3 is 0 Å². The van der Waals surface area contributed by atoms with E-state index in [2.05, 4.69) is 10.3 Å². The molecule has 2 aromatic rings. The maximum Gasteiger partial charge on any atom is 0.241 e. The quantitative estimate of drug-likeness (QED) is 0.869. The molecule has 1 atom stereocenters. The number of anilines is 1. The minimum Gasteiger partial charge on any atom is -0.441 e. The molecule has 1 aromatic carbocycles. The number of nitrogens with two attached hydrogens (primary N) is 1. The summed E-state index contributed by atoms with van der Waals surface area (Å²) >= 11 is 0. The van der Waals surface area contributed by atoms with Crippen LogP contribution in [0.15, 0.2) is 22.6 Å². The largest absolute Gasteiger partial charge is 0.441 e. The van der Waals surface area contributed by atoms with E-state index in [4.69, 9.17) is 10.2 Å². The first kappa shape index (κ1) is 12.6. The van der Waals surface area contributed by atoms with Crippen LogP contribution < -0.4 is 11.1 Å². The predicted molar refractivity (Wildman–Crippen MR) is 70.2 cm³/mol. The Hall–Kier alpha value is -1.88. The number of nitrogens with one attached hydrogen (secondary N) is 1. The van der Waals surface area contributed by atoms with Crippen molar-refractivity contribution in [3.63, 3.8) is 0 Å². The van der Waals surface area contributed by atoms with Crippen LogP contribution in [0.5, 0.6) is 0 Å². The molecule has 96 valence electrons. The molecule has 0 unspecified atom stereocenters. The molecule has 0 radical (unpaired) electrons. The second-order valence-electron chi connectivity index (χ2n) is 4.67. The van der Waals surface area contributed by atoms with Gasteiger partial charge in [0.2, 0.25) is 5.91 Å².